The number of fused-ring (bicyclic) bond motifs is 1. The lowest BCUT2D eigenvalue weighted by atomic mass is 10.3. The van der Waals surface area contributed by atoms with E-state index < -0.39 is 0 Å². The Hall–Kier alpha value is -2.28. The summed E-state index contributed by atoms with van der Waals surface area (Å²) < 4.78 is 6.91. The van der Waals surface area contributed by atoms with Crippen LogP contribution >= 0.6 is 11.8 Å². The highest BCUT2D eigenvalue weighted by atomic mass is 32.2. The molecule has 1 N–H and O–H groups in total. The van der Waals surface area contributed by atoms with E-state index in [1.807, 2.05) is 18.4 Å². The third-order valence-electron chi connectivity index (χ3n) is 3.18. The largest absolute Gasteiger partial charge is 0.496 e. The van der Waals surface area contributed by atoms with Crippen LogP contribution in [0, 0.1) is 0 Å². The number of methoxy groups -OCH3 is 1. The molecule has 3 aromatic rings. The predicted octanol–water partition coefficient (Wildman–Crippen LogP) is 2.68. The topological polar surface area (TPSA) is 72.8 Å². The fraction of sp³-hybridized carbons (Fsp3) is 0.214. The zero-order valence-electron chi connectivity index (χ0n) is 11.9. The van der Waals surface area contributed by atoms with Crippen LogP contribution in [0.4, 0.5) is 0 Å². The number of ketones is 1. The summed E-state index contributed by atoms with van der Waals surface area (Å²) in [6.45, 7) is 1.51. The summed E-state index contributed by atoms with van der Waals surface area (Å²) in [5.41, 5.74) is 2.24. The van der Waals surface area contributed by atoms with Gasteiger partial charge in [0.15, 0.2) is 5.78 Å². The third-order valence-corrected chi connectivity index (χ3v) is 3.94. The van der Waals surface area contributed by atoms with Crippen LogP contribution < -0.4 is 4.74 Å². The van der Waals surface area contributed by atoms with Gasteiger partial charge in [-0.25, -0.2) is 9.67 Å². The van der Waals surface area contributed by atoms with Gasteiger partial charge in [-0.1, -0.05) is 0 Å². The number of imidazole rings is 1. The number of thioether (sulfide) groups is 1. The van der Waals surface area contributed by atoms with Crippen molar-refractivity contribution in [3.8, 4) is 11.7 Å². The summed E-state index contributed by atoms with van der Waals surface area (Å²) in [6.07, 6.45) is 5.18. The summed E-state index contributed by atoms with van der Waals surface area (Å²) in [5, 5.41) is 4.15. The van der Waals surface area contributed by atoms with Gasteiger partial charge >= 0.3 is 0 Å². The molecule has 0 spiro atoms. The van der Waals surface area contributed by atoms with Gasteiger partial charge in [0.1, 0.15) is 5.75 Å². The van der Waals surface area contributed by atoms with Gasteiger partial charge in [-0.3, -0.25) is 4.79 Å². The Bertz CT molecular complexity index is 781. The highest BCUT2D eigenvalue weighted by molar-refractivity contribution is 7.98. The molecule has 0 aliphatic heterocycles. The lowest BCUT2D eigenvalue weighted by Gasteiger charge is -2.04. The van der Waals surface area contributed by atoms with E-state index in [9.17, 15) is 4.79 Å². The maximum atomic E-state index is 11.3. The minimum Gasteiger partial charge on any atom is -0.496 e. The van der Waals surface area contributed by atoms with E-state index in [2.05, 4.69) is 15.1 Å². The summed E-state index contributed by atoms with van der Waals surface area (Å²) >= 11 is 1.61. The minimum absolute atomic E-state index is 0.0244. The summed E-state index contributed by atoms with van der Waals surface area (Å²) in [7, 11) is 1.64. The molecule has 3 rings (SSSR count). The molecule has 21 heavy (non-hydrogen) atoms. The van der Waals surface area contributed by atoms with Gasteiger partial charge in [0, 0.05) is 12.3 Å². The van der Waals surface area contributed by atoms with Crippen LogP contribution in [0.1, 0.15) is 17.3 Å². The molecule has 0 aliphatic rings. The van der Waals surface area contributed by atoms with Gasteiger partial charge in [0.25, 0.3) is 0 Å². The Labute approximate surface area is 125 Å². The molecule has 0 saturated heterocycles. The predicted molar refractivity (Wildman–Crippen MR) is 81.6 cm³/mol. The van der Waals surface area contributed by atoms with E-state index in [0.29, 0.717) is 11.5 Å². The quantitative estimate of drug-likeness (QED) is 0.592. The van der Waals surface area contributed by atoms with Gasteiger partial charge in [-0.15, -0.1) is 11.8 Å². The molecule has 0 radical (unpaired) electrons. The Morgan fingerprint density at radius 3 is 2.86 bits per heavy atom. The lowest BCUT2D eigenvalue weighted by Crippen LogP contribution is -1.96. The number of hydrogen-bond donors (Lipinski definition) is 1. The molecule has 1 aromatic carbocycles. The number of rotatable bonds is 4. The molecule has 0 amide bonds. The van der Waals surface area contributed by atoms with Gasteiger partial charge in [0.05, 0.1) is 34.8 Å². The second kappa shape index (κ2) is 5.25. The van der Waals surface area contributed by atoms with E-state index in [1.165, 1.54) is 13.1 Å². The second-order valence-corrected chi connectivity index (χ2v) is 5.36. The number of H-pyrrole nitrogens is 1. The molecule has 0 atom stereocenters. The molecule has 2 heterocycles. The molecule has 0 unspecified atom stereocenters. The summed E-state index contributed by atoms with van der Waals surface area (Å²) in [5.74, 6) is 1.33. The van der Waals surface area contributed by atoms with Gasteiger partial charge in [-0.05, 0) is 19.2 Å². The molecular weight excluding hydrogens is 288 g/mol. The fourth-order valence-electron chi connectivity index (χ4n) is 2.05. The third kappa shape index (κ3) is 2.40. The zero-order chi connectivity index (χ0) is 15.0. The second-order valence-electron chi connectivity index (χ2n) is 4.51. The normalized spacial score (nSPS) is 11.0. The van der Waals surface area contributed by atoms with E-state index in [-0.39, 0.29) is 5.78 Å². The first kappa shape index (κ1) is 13.7. The van der Waals surface area contributed by atoms with Crippen molar-refractivity contribution in [1.82, 2.24) is 19.7 Å². The number of carbonyl (C=O) groups is 1. The van der Waals surface area contributed by atoms with Crippen LogP contribution in [0.5, 0.6) is 5.75 Å². The van der Waals surface area contributed by atoms with E-state index in [0.717, 1.165) is 21.7 Å². The molecular formula is C14H14N4O2S. The number of aromatic nitrogens is 4. The minimum atomic E-state index is -0.0244. The Kier molecular flexibility index (Phi) is 3.42. The van der Waals surface area contributed by atoms with Crippen LogP contribution in [0.15, 0.2) is 29.4 Å². The van der Waals surface area contributed by atoms with Gasteiger partial charge in [0.2, 0.25) is 5.95 Å². The van der Waals surface area contributed by atoms with Crippen molar-refractivity contribution in [2.45, 2.75) is 11.8 Å². The monoisotopic (exact) mass is 302 g/mol. The van der Waals surface area contributed by atoms with Crippen molar-refractivity contribution in [3.63, 3.8) is 0 Å². The van der Waals surface area contributed by atoms with Crippen molar-refractivity contribution in [3.05, 3.63) is 30.1 Å². The molecule has 7 heteroatoms. The highest BCUT2D eigenvalue weighted by Gasteiger charge is 2.11. The first-order valence-electron chi connectivity index (χ1n) is 6.30. The smallest absolute Gasteiger partial charge is 0.229 e. The first-order chi connectivity index (χ1) is 10.1. The average molecular weight is 302 g/mol. The number of aromatic amines is 1. The van der Waals surface area contributed by atoms with Crippen molar-refractivity contribution in [1.29, 1.82) is 0 Å². The highest BCUT2D eigenvalue weighted by Crippen LogP contribution is 2.31. The zero-order valence-corrected chi connectivity index (χ0v) is 12.7. The molecule has 0 aliphatic carbocycles. The number of nitrogens with one attached hydrogen (secondary N) is 1. The fourth-order valence-corrected chi connectivity index (χ4v) is 2.63. The maximum Gasteiger partial charge on any atom is 0.229 e. The molecule has 108 valence electrons. The van der Waals surface area contributed by atoms with Crippen molar-refractivity contribution in [2.75, 3.05) is 13.4 Å². The van der Waals surface area contributed by atoms with Crippen molar-refractivity contribution < 1.29 is 9.53 Å². The molecule has 6 nitrogen and oxygen atoms in total. The average Bonchev–Trinajstić information content (AvgIpc) is 3.11. The SMILES string of the molecule is COc1cc2nc(-n3cc(C(C)=O)cn3)[nH]c2cc1SC. The van der Waals surface area contributed by atoms with Crippen LogP contribution in [-0.4, -0.2) is 38.9 Å². The molecule has 0 saturated carbocycles. The Balaban J connectivity index is 2.09. The van der Waals surface area contributed by atoms with Crippen LogP contribution in [0.2, 0.25) is 0 Å². The number of nitrogens with zero attached hydrogens (tertiary/aromatic N) is 3. The summed E-state index contributed by atoms with van der Waals surface area (Å²) in [6, 6.07) is 3.88. The van der Waals surface area contributed by atoms with E-state index >= 15 is 0 Å². The van der Waals surface area contributed by atoms with Crippen molar-refractivity contribution >= 4 is 28.6 Å². The first-order valence-corrected chi connectivity index (χ1v) is 7.52. The van der Waals surface area contributed by atoms with Crippen molar-refractivity contribution in [2.24, 2.45) is 0 Å². The van der Waals surface area contributed by atoms with Crippen LogP contribution in [0.3, 0.4) is 0 Å². The number of hydrogen-bond acceptors (Lipinski definition) is 5. The Morgan fingerprint density at radius 2 is 2.24 bits per heavy atom. The lowest BCUT2D eigenvalue weighted by molar-refractivity contribution is 0.101. The van der Waals surface area contributed by atoms with Gasteiger partial charge < -0.3 is 9.72 Å². The number of carbonyl (C=O) groups excluding carboxylic acids is 1. The molecule has 0 bridgehead atoms. The van der Waals surface area contributed by atoms with E-state index in [1.54, 1.807) is 29.8 Å². The van der Waals surface area contributed by atoms with Gasteiger partial charge in [-0.2, -0.15) is 5.10 Å². The Morgan fingerprint density at radius 1 is 1.43 bits per heavy atom. The number of Topliss-reactive ketones (excluding diaryl/α,β-unsaturated/α-hetero) is 1. The standard InChI is InChI=1S/C14H14N4O2S/c1-8(19)9-6-15-18(7-9)14-16-10-4-12(20-2)13(21-3)5-11(10)17-14/h4-7H,1-3H3,(H,16,17). The molecule has 2 aromatic heterocycles. The number of benzene rings is 1. The van der Waals surface area contributed by atoms with Crippen LogP contribution in [0.25, 0.3) is 17.0 Å². The summed E-state index contributed by atoms with van der Waals surface area (Å²) in [4.78, 5) is 20.0. The van der Waals surface area contributed by atoms with Crippen LogP contribution in [-0.2, 0) is 0 Å². The molecule has 0 fully saturated rings. The maximum absolute atomic E-state index is 11.3. The van der Waals surface area contributed by atoms with E-state index in [4.69, 9.17) is 4.74 Å². The number of ether oxygens (including phenoxy) is 1.